The molecule has 4 amide bonds. The van der Waals surface area contributed by atoms with E-state index in [4.69, 9.17) is 14.5 Å². The van der Waals surface area contributed by atoms with Crippen LogP contribution in [0.4, 0.5) is 11.4 Å². The predicted octanol–water partition coefficient (Wildman–Crippen LogP) is 8.53. The molecule has 3 aliphatic rings. The monoisotopic (exact) mass is 858 g/mol. The molecular weight excluding hydrogens is 805 g/mol. The number of nitrogens with zero attached hydrogens (tertiary/aromatic N) is 4. The molecule has 0 bridgehead atoms. The second-order valence-electron chi connectivity index (χ2n) is 18.1. The van der Waals surface area contributed by atoms with Crippen molar-refractivity contribution in [1.29, 1.82) is 0 Å². The number of hydrogen-bond donors (Lipinski definition) is 1. The molecule has 63 heavy (non-hydrogen) atoms. The van der Waals surface area contributed by atoms with Crippen LogP contribution in [0.25, 0.3) is 0 Å². The molecule has 1 aromatic heterocycles. The lowest BCUT2D eigenvalue weighted by Crippen LogP contribution is -2.56. The maximum atomic E-state index is 16.0. The fraction of sp³-hybridized carbons (Fsp3) is 0.288. The molecule has 0 radical (unpaired) electrons. The number of para-hydroxylation sites is 2. The average molecular weight is 859 g/mol. The van der Waals surface area contributed by atoms with E-state index in [1.807, 2.05) is 66.7 Å². The number of imidazole rings is 1. The van der Waals surface area contributed by atoms with Gasteiger partial charge in [0.25, 0.3) is 0 Å². The molecule has 11 heteroatoms. The maximum Gasteiger partial charge on any atom is 0.247 e. The van der Waals surface area contributed by atoms with Crippen molar-refractivity contribution in [3.05, 3.63) is 186 Å². The van der Waals surface area contributed by atoms with E-state index in [2.05, 4.69) is 74.8 Å². The van der Waals surface area contributed by atoms with Crippen LogP contribution in [0.1, 0.15) is 55.3 Å². The number of carbonyl (C=O) groups excluding carboxylic acids is 4. The van der Waals surface area contributed by atoms with Crippen molar-refractivity contribution in [1.82, 2.24) is 9.55 Å². The van der Waals surface area contributed by atoms with Crippen LogP contribution in [0, 0.1) is 17.8 Å². The third kappa shape index (κ3) is 6.81. The Bertz CT molecular complexity index is 2520. The zero-order valence-corrected chi connectivity index (χ0v) is 37.6. The molecule has 0 spiro atoms. The van der Waals surface area contributed by atoms with Gasteiger partial charge >= 0.3 is 0 Å². The number of aromatic nitrogens is 2. The molecule has 4 atom stereocenters. The number of rotatable bonds is 10. The molecule has 2 saturated heterocycles. The molecule has 3 heterocycles. The molecule has 10 nitrogen and oxygen atoms in total. The summed E-state index contributed by atoms with van der Waals surface area (Å²) >= 11 is 0. The first kappa shape index (κ1) is 43.4. The van der Waals surface area contributed by atoms with Crippen LogP contribution in [0.3, 0.4) is 0 Å². The Morgan fingerprint density at radius 1 is 0.651 bits per heavy atom. The van der Waals surface area contributed by atoms with Crippen LogP contribution in [-0.4, -0.2) is 60.3 Å². The van der Waals surface area contributed by atoms with Gasteiger partial charge < -0.3 is 14.1 Å². The molecule has 1 aliphatic carbocycles. The molecule has 6 aromatic rings. The Balaban J connectivity index is 0.00000268. The van der Waals surface area contributed by atoms with E-state index in [1.165, 1.54) is 9.80 Å². The normalized spacial score (nSPS) is 21.2. The Labute approximate surface area is 370 Å². The standard InChI is InChI=1S/C51H50N4O5Si.CH4O/c1-49(2,3)61(4,5)60-33-35-31-42-45(52-34-53(42)51(36-21-11-6-12-22-36,37-23-13-7-14-24-37)38-25-15-8-16-26-38)50(41-32-43(56)54(46(41)57)39-27-17-9-18-28-39)44(35)47(58)55(48(50)59)40-29-19-10-20-30-40;1-2/h6-30,34-35,41,44H,31-33H2,1-5H3;2H,1H3/t35-,41-,44-,50+;/m1./s1. The van der Waals surface area contributed by atoms with Crippen molar-refractivity contribution in [3.8, 4) is 0 Å². The number of amides is 4. The first-order chi connectivity index (χ1) is 30.3. The molecule has 0 saturated carbocycles. The molecule has 1 N–H and O–H groups in total. The van der Waals surface area contributed by atoms with Crippen molar-refractivity contribution in [3.63, 3.8) is 0 Å². The highest BCUT2D eigenvalue weighted by atomic mass is 28.4. The summed E-state index contributed by atoms with van der Waals surface area (Å²) in [5.41, 5.74) is 1.90. The van der Waals surface area contributed by atoms with E-state index in [-0.39, 0.29) is 18.1 Å². The van der Waals surface area contributed by atoms with Crippen LogP contribution in [0.5, 0.6) is 0 Å². The molecule has 2 aliphatic heterocycles. The van der Waals surface area contributed by atoms with Gasteiger partial charge in [-0.1, -0.05) is 148 Å². The van der Waals surface area contributed by atoms with Gasteiger partial charge in [0.2, 0.25) is 23.6 Å². The van der Waals surface area contributed by atoms with Gasteiger partial charge in [-0.15, -0.1) is 0 Å². The van der Waals surface area contributed by atoms with Gasteiger partial charge in [0.1, 0.15) is 11.0 Å². The van der Waals surface area contributed by atoms with Crippen LogP contribution < -0.4 is 9.80 Å². The van der Waals surface area contributed by atoms with Crippen molar-refractivity contribution in [2.45, 2.75) is 62.7 Å². The fourth-order valence-electron chi connectivity index (χ4n) is 9.97. The summed E-state index contributed by atoms with van der Waals surface area (Å²) in [6.07, 6.45) is 1.84. The minimum absolute atomic E-state index is 0.148. The van der Waals surface area contributed by atoms with Gasteiger partial charge in [-0.2, -0.15) is 0 Å². The Morgan fingerprint density at radius 3 is 1.56 bits per heavy atom. The number of aliphatic hydroxyl groups excluding tert-OH is 1. The van der Waals surface area contributed by atoms with E-state index in [0.717, 1.165) is 23.8 Å². The highest BCUT2D eigenvalue weighted by Crippen LogP contribution is 2.59. The first-order valence-corrected chi connectivity index (χ1v) is 24.4. The van der Waals surface area contributed by atoms with E-state index in [0.29, 0.717) is 29.2 Å². The number of carbonyl (C=O) groups is 4. The molecule has 5 aromatic carbocycles. The SMILES string of the molecule is CC(C)(C)[Si](C)(C)OC[C@H]1Cc2c(ncn2C(c2ccccc2)(c2ccccc2)c2ccccc2)[C@@]2([C@@H]3CC(=O)N(c4ccccc4)C3=O)C(=O)N(c3ccccc3)C(=O)[C@@H]12.CO. The Morgan fingerprint density at radius 2 is 1.10 bits per heavy atom. The van der Waals surface area contributed by atoms with Crippen molar-refractivity contribution in [2.24, 2.45) is 17.8 Å². The van der Waals surface area contributed by atoms with Crippen LogP contribution in [0.15, 0.2) is 158 Å². The van der Waals surface area contributed by atoms with Gasteiger partial charge in [-0.3, -0.25) is 24.1 Å². The number of benzene rings is 5. The predicted molar refractivity (Wildman–Crippen MR) is 246 cm³/mol. The summed E-state index contributed by atoms with van der Waals surface area (Å²) in [5.74, 6) is -4.78. The molecular formula is C52H54N4O6Si. The van der Waals surface area contributed by atoms with Crippen LogP contribution in [-0.2, 0) is 41.0 Å². The highest BCUT2D eigenvalue weighted by molar-refractivity contribution is 6.74. The fourth-order valence-corrected chi connectivity index (χ4v) is 11.0. The summed E-state index contributed by atoms with van der Waals surface area (Å²) in [7, 11) is -1.43. The minimum Gasteiger partial charge on any atom is -0.417 e. The molecule has 0 unspecified atom stereocenters. The quantitative estimate of drug-likeness (QED) is 0.0833. The number of fused-ring (bicyclic) bond motifs is 3. The highest BCUT2D eigenvalue weighted by Gasteiger charge is 2.73. The van der Waals surface area contributed by atoms with Crippen molar-refractivity contribution >= 4 is 43.3 Å². The number of hydrogen-bond acceptors (Lipinski definition) is 7. The zero-order valence-electron chi connectivity index (χ0n) is 36.6. The average Bonchev–Trinajstić information content (AvgIpc) is 3.94. The number of aliphatic hydroxyl groups is 1. The molecule has 9 rings (SSSR count). The summed E-state index contributed by atoms with van der Waals surface area (Å²) in [6, 6.07) is 48.4. The summed E-state index contributed by atoms with van der Waals surface area (Å²) in [4.78, 5) is 68.8. The van der Waals surface area contributed by atoms with Crippen molar-refractivity contribution < 1.29 is 28.7 Å². The van der Waals surface area contributed by atoms with Gasteiger partial charge in [0.15, 0.2) is 8.32 Å². The molecule has 322 valence electrons. The van der Waals surface area contributed by atoms with Crippen LogP contribution in [0.2, 0.25) is 18.1 Å². The topological polar surface area (TPSA) is 122 Å². The third-order valence-corrected chi connectivity index (χ3v) is 18.3. The van der Waals surface area contributed by atoms with Gasteiger partial charge in [-0.25, -0.2) is 9.88 Å². The number of imide groups is 2. The van der Waals surface area contributed by atoms with E-state index >= 15 is 14.4 Å². The Kier molecular flexibility index (Phi) is 11.6. The second kappa shape index (κ2) is 16.8. The van der Waals surface area contributed by atoms with Gasteiger partial charge in [-0.05, 0) is 71.4 Å². The van der Waals surface area contributed by atoms with Crippen molar-refractivity contribution in [2.75, 3.05) is 23.5 Å². The summed E-state index contributed by atoms with van der Waals surface area (Å²) < 4.78 is 9.21. The first-order valence-electron chi connectivity index (χ1n) is 21.5. The third-order valence-electron chi connectivity index (χ3n) is 13.8. The lowest BCUT2D eigenvalue weighted by Gasteiger charge is -2.46. The van der Waals surface area contributed by atoms with E-state index < -0.39 is 60.7 Å². The van der Waals surface area contributed by atoms with Gasteiger partial charge in [0.05, 0.1) is 35.2 Å². The summed E-state index contributed by atoms with van der Waals surface area (Å²) in [6.45, 7) is 11.1. The second-order valence-corrected chi connectivity index (χ2v) is 22.9. The molecule has 2 fully saturated rings. The van der Waals surface area contributed by atoms with E-state index in [1.54, 1.807) is 54.9 Å². The van der Waals surface area contributed by atoms with Gasteiger partial charge in [0, 0.05) is 25.8 Å². The largest absolute Gasteiger partial charge is 0.417 e. The smallest absolute Gasteiger partial charge is 0.247 e. The lowest BCUT2D eigenvalue weighted by molar-refractivity contribution is -0.134. The Hall–Kier alpha value is -6.27. The minimum atomic E-state index is -2.43. The number of anilines is 2. The maximum absolute atomic E-state index is 16.0. The zero-order chi connectivity index (χ0) is 44.7. The lowest BCUT2D eigenvalue weighted by atomic mass is 9.57. The van der Waals surface area contributed by atoms with E-state index in [9.17, 15) is 4.79 Å². The van der Waals surface area contributed by atoms with Crippen LogP contribution >= 0.6 is 0 Å². The summed E-state index contributed by atoms with van der Waals surface area (Å²) in [5, 5.41) is 6.85.